The molecule has 0 aliphatic heterocycles. The molecule has 0 atom stereocenters. The van der Waals surface area contributed by atoms with Crippen LogP contribution in [0.15, 0.2) is 18.2 Å². The number of benzene rings is 1. The Balaban J connectivity index is 3.62. The van der Waals surface area contributed by atoms with E-state index in [0.717, 1.165) is 12.1 Å². The summed E-state index contributed by atoms with van der Waals surface area (Å²) >= 11 is 0. The van der Waals surface area contributed by atoms with Gasteiger partial charge in [-0.3, -0.25) is 0 Å². The second kappa shape index (κ2) is 4.84. The summed E-state index contributed by atoms with van der Waals surface area (Å²) in [5, 5.41) is 0. The minimum atomic E-state index is -4.42. The zero-order chi connectivity index (χ0) is 16.9. The summed E-state index contributed by atoms with van der Waals surface area (Å²) in [5.41, 5.74) is -1.30. The Labute approximate surface area is 116 Å². The largest absolute Gasteiger partial charge is 0.416 e. The Kier molecular flexibility index (Phi) is 3.32. The van der Waals surface area contributed by atoms with Gasteiger partial charge >= 0.3 is 6.18 Å². The molecule has 0 aliphatic rings. The van der Waals surface area contributed by atoms with Crippen molar-refractivity contribution in [2.75, 3.05) is 0 Å². The molecule has 0 saturated heterocycles. The SMILES string of the molecule is [2H]C([2H])(c1ccc(C(F)(F)F)cc1C(C)(C)C)C(C)(C)C. The van der Waals surface area contributed by atoms with E-state index in [4.69, 9.17) is 2.74 Å². The third-order valence-electron chi connectivity index (χ3n) is 2.66. The van der Waals surface area contributed by atoms with Crippen molar-refractivity contribution >= 4 is 0 Å². The molecular formula is C16H23F3. The topological polar surface area (TPSA) is 0 Å². The molecule has 3 heteroatoms. The Morgan fingerprint density at radius 2 is 1.53 bits per heavy atom. The number of halogens is 3. The molecule has 0 saturated carbocycles. The molecule has 108 valence electrons. The summed E-state index contributed by atoms with van der Waals surface area (Å²) in [6.07, 6.45) is -6.15. The lowest BCUT2D eigenvalue weighted by atomic mass is 9.78. The number of rotatable bonds is 1. The highest BCUT2D eigenvalue weighted by molar-refractivity contribution is 5.38. The van der Waals surface area contributed by atoms with Gasteiger partial charge in [0.25, 0.3) is 0 Å². The lowest BCUT2D eigenvalue weighted by Gasteiger charge is -2.28. The predicted molar refractivity (Wildman–Crippen MR) is 73.3 cm³/mol. The maximum atomic E-state index is 12.9. The van der Waals surface area contributed by atoms with Gasteiger partial charge in [0.1, 0.15) is 0 Å². The van der Waals surface area contributed by atoms with E-state index in [1.54, 1.807) is 41.5 Å². The van der Waals surface area contributed by atoms with Crippen LogP contribution in [0, 0.1) is 5.41 Å². The molecule has 0 amide bonds. The minimum Gasteiger partial charge on any atom is -0.166 e. The molecule has 0 aromatic heterocycles. The molecule has 19 heavy (non-hydrogen) atoms. The fraction of sp³-hybridized carbons (Fsp3) is 0.625. The highest BCUT2D eigenvalue weighted by Gasteiger charge is 2.32. The molecule has 0 radical (unpaired) electrons. The second-order valence-electron chi connectivity index (χ2n) is 6.88. The van der Waals surface area contributed by atoms with Crippen molar-refractivity contribution in [2.45, 2.75) is 59.5 Å². The van der Waals surface area contributed by atoms with Crippen molar-refractivity contribution in [3.8, 4) is 0 Å². The maximum absolute atomic E-state index is 12.9. The van der Waals surface area contributed by atoms with Gasteiger partial charge in [-0.2, -0.15) is 13.2 Å². The first-order chi connectivity index (χ1) is 9.08. The van der Waals surface area contributed by atoms with Crippen LogP contribution in [0.5, 0.6) is 0 Å². The fourth-order valence-corrected chi connectivity index (χ4v) is 1.85. The lowest BCUT2D eigenvalue weighted by molar-refractivity contribution is -0.137. The van der Waals surface area contributed by atoms with Gasteiger partial charge < -0.3 is 0 Å². The van der Waals surface area contributed by atoms with Crippen LogP contribution in [0.2, 0.25) is 0 Å². The number of hydrogen-bond acceptors (Lipinski definition) is 0. The molecule has 0 fully saturated rings. The molecule has 0 heterocycles. The highest BCUT2D eigenvalue weighted by Crippen LogP contribution is 2.36. The molecule has 0 N–H and O–H groups in total. The smallest absolute Gasteiger partial charge is 0.166 e. The molecule has 1 rings (SSSR count). The quantitative estimate of drug-likeness (QED) is 0.626. The van der Waals surface area contributed by atoms with Crippen molar-refractivity contribution in [3.63, 3.8) is 0 Å². The molecule has 1 aromatic carbocycles. The zero-order valence-electron chi connectivity index (χ0n) is 14.4. The average Bonchev–Trinajstić information content (AvgIpc) is 2.24. The maximum Gasteiger partial charge on any atom is 0.416 e. The molecule has 0 aliphatic carbocycles. The molecular weight excluding hydrogens is 249 g/mol. The van der Waals surface area contributed by atoms with Gasteiger partial charge in [-0.1, -0.05) is 47.6 Å². The van der Waals surface area contributed by atoms with Gasteiger partial charge in [-0.25, -0.2) is 0 Å². The van der Waals surface area contributed by atoms with Gasteiger partial charge in [0, 0.05) is 2.74 Å². The van der Waals surface area contributed by atoms with Gasteiger partial charge in [0.2, 0.25) is 0 Å². The molecule has 0 spiro atoms. The zero-order valence-corrected chi connectivity index (χ0v) is 12.4. The third kappa shape index (κ3) is 4.55. The average molecular weight is 274 g/mol. The van der Waals surface area contributed by atoms with Crippen LogP contribution in [-0.4, -0.2) is 0 Å². The molecule has 1 aromatic rings. The summed E-state index contributed by atoms with van der Waals surface area (Å²) in [6.45, 7) is 10.6. The summed E-state index contributed by atoms with van der Waals surface area (Å²) in [5.74, 6) is 0. The summed E-state index contributed by atoms with van der Waals surface area (Å²) < 4.78 is 55.5. The van der Waals surface area contributed by atoms with Gasteiger partial charge in [-0.05, 0) is 40.5 Å². The van der Waals surface area contributed by atoms with Crippen LogP contribution in [-0.2, 0) is 18.0 Å². The van der Waals surface area contributed by atoms with Crippen LogP contribution in [0.4, 0.5) is 13.2 Å². The molecule has 0 nitrogen and oxygen atoms in total. The molecule has 0 unspecified atom stereocenters. The van der Waals surface area contributed by atoms with Crippen molar-refractivity contribution in [2.24, 2.45) is 5.41 Å². The van der Waals surface area contributed by atoms with Crippen molar-refractivity contribution in [3.05, 3.63) is 34.9 Å². The van der Waals surface area contributed by atoms with Gasteiger partial charge in [0.05, 0.1) is 5.56 Å². The first-order valence-corrected chi connectivity index (χ1v) is 6.30. The monoisotopic (exact) mass is 274 g/mol. The molecule has 0 bridgehead atoms. The third-order valence-corrected chi connectivity index (χ3v) is 2.66. The number of hydrogen-bond donors (Lipinski definition) is 0. The first-order valence-electron chi connectivity index (χ1n) is 7.30. The van der Waals surface area contributed by atoms with Crippen LogP contribution in [0.25, 0.3) is 0 Å². The standard InChI is InChI=1S/C16H23F3/c1-14(2,3)10-11-7-8-12(16(17,18)19)9-13(11)15(4,5)6/h7-9H,10H2,1-6H3/i10D2. The van der Waals surface area contributed by atoms with E-state index >= 15 is 0 Å². The van der Waals surface area contributed by atoms with Crippen LogP contribution in [0.3, 0.4) is 0 Å². The summed E-state index contributed by atoms with van der Waals surface area (Å²) in [7, 11) is 0. The van der Waals surface area contributed by atoms with Crippen molar-refractivity contribution < 1.29 is 15.9 Å². The van der Waals surface area contributed by atoms with Crippen LogP contribution >= 0.6 is 0 Å². The van der Waals surface area contributed by atoms with Gasteiger partial charge in [0.15, 0.2) is 0 Å². The van der Waals surface area contributed by atoms with E-state index in [2.05, 4.69) is 0 Å². The first kappa shape index (κ1) is 13.0. The van der Waals surface area contributed by atoms with Crippen LogP contribution in [0.1, 0.15) is 61.0 Å². The van der Waals surface area contributed by atoms with E-state index in [1.807, 2.05) is 0 Å². The summed E-state index contributed by atoms with van der Waals surface area (Å²) in [6, 6.07) is 3.34. The normalized spacial score (nSPS) is 16.1. The van der Waals surface area contributed by atoms with E-state index in [0.29, 0.717) is 11.1 Å². The van der Waals surface area contributed by atoms with Gasteiger partial charge in [-0.15, -0.1) is 0 Å². The van der Waals surface area contributed by atoms with Crippen LogP contribution < -0.4 is 0 Å². The van der Waals surface area contributed by atoms with E-state index in [1.165, 1.54) is 6.07 Å². The Hall–Kier alpha value is -0.990. The summed E-state index contributed by atoms with van der Waals surface area (Å²) in [4.78, 5) is 0. The lowest BCUT2D eigenvalue weighted by Crippen LogP contribution is -2.20. The second-order valence-corrected chi connectivity index (χ2v) is 6.88. The van der Waals surface area contributed by atoms with E-state index in [9.17, 15) is 13.2 Å². The highest BCUT2D eigenvalue weighted by atomic mass is 19.4. The minimum absolute atomic E-state index is 0.329. The van der Waals surface area contributed by atoms with Crippen molar-refractivity contribution in [1.29, 1.82) is 0 Å². The fourth-order valence-electron chi connectivity index (χ4n) is 1.85. The Morgan fingerprint density at radius 1 is 1.00 bits per heavy atom. The Bertz CT molecular complexity index is 518. The predicted octanol–water partition coefficient (Wildman–Crippen LogP) is 5.59. The van der Waals surface area contributed by atoms with E-state index in [-0.39, 0.29) is 0 Å². The number of alkyl halides is 3. The Morgan fingerprint density at radius 3 is 1.89 bits per heavy atom. The van der Waals surface area contributed by atoms with Crippen molar-refractivity contribution in [1.82, 2.24) is 0 Å². The van der Waals surface area contributed by atoms with E-state index < -0.39 is 28.9 Å².